The highest BCUT2D eigenvalue weighted by atomic mass is 32.1. The molecule has 1 heterocycles. The fourth-order valence-corrected chi connectivity index (χ4v) is 2.53. The number of nitrogens with zero attached hydrogens (tertiary/aromatic N) is 1. The summed E-state index contributed by atoms with van der Waals surface area (Å²) in [6, 6.07) is 5.99. The van der Waals surface area contributed by atoms with Gasteiger partial charge in [0.05, 0.1) is 18.7 Å². The number of nitrogens with one attached hydrogen (secondary N) is 1. The third-order valence-electron chi connectivity index (χ3n) is 3.22. The normalized spacial score (nSPS) is 11.4. The molecule has 0 unspecified atom stereocenters. The summed E-state index contributed by atoms with van der Waals surface area (Å²) in [5, 5.41) is 0. The van der Waals surface area contributed by atoms with Gasteiger partial charge in [0, 0.05) is 13.2 Å². The van der Waals surface area contributed by atoms with Crippen LogP contribution in [0.2, 0.25) is 0 Å². The van der Waals surface area contributed by atoms with Crippen LogP contribution in [0.5, 0.6) is 5.75 Å². The Morgan fingerprint density at radius 2 is 2.10 bits per heavy atom. The van der Waals surface area contributed by atoms with Gasteiger partial charge in [-0.15, -0.1) is 0 Å². The lowest BCUT2D eigenvalue weighted by Crippen LogP contribution is -2.05. The molecule has 0 radical (unpaired) electrons. The third kappa shape index (κ3) is 3.41. The summed E-state index contributed by atoms with van der Waals surface area (Å²) in [6.45, 7) is 5.81. The highest BCUT2D eigenvalue weighted by Crippen LogP contribution is 2.24. The predicted molar refractivity (Wildman–Crippen MR) is 84.0 cm³/mol. The van der Waals surface area contributed by atoms with Crippen molar-refractivity contribution in [2.45, 2.75) is 39.3 Å². The van der Waals surface area contributed by atoms with Crippen LogP contribution in [0, 0.1) is 4.77 Å². The number of imidazole rings is 1. The number of aromatic amines is 1. The number of H-pyrrole nitrogens is 1. The van der Waals surface area contributed by atoms with Gasteiger partial charge in [-0.25, -0.2) is 0 Å². The van der Waals surface area contributed by atoms with Gasteiger partial charge in [-0.05, 0) is 51.0 Å². The molecular formula is C15H22N2O2S. The Labute approximate surface area is 124 Å². The van der Waals surface area contributed by atoms with Crippen LogP contribution in [-0.4, -0.2) is 29.4 Å². The number of hydrogen-bond donors (Lipinski definition) is 1. The van der Waals surface area contributed by atoms with Gasteiger partial charge in [0.1, 0.15) is 11.3 Å². The third-order valence-corrected chi connectivity index (χ3v) is 3.54. The molecule has 0 bridgehead atoms. The molecule has 4 nitrogen and oxygen atoms in total. The maximum absolute atomic E-state index is 5.55. The number of fused-ring (bicyclic) bond motifs is 1. The molecule has 0 amide bonds. The maximum atomic E-state index is 5.55. The lowest BCUT2D eigenvalue weighted by Gasteiger charge is -2.08. The van der Waals surface area contributed by atoms with Crippen molar-refractivity contribution in [1.29, 1.82) is 0 Å². The number of para-hydroxylation sites is 1. The predicted octanol–water partition coefficient (Wildman–Crippen LogP) is 3.91. The minimum Gasteiger partial charge on any atom is -0.494 e. The minimum absolute atomic E-state index is 0.300. The molecule has 1 aromatic carbocycles. The van der Waals surface area contributed by atoms with E-state index in [1.54, 1.807) is 7.11 Å². The molecule has 110 valence electrons. The van der Waals surface area contributed by atoms with Crippen molar-refractivity contribution in [2.24, 2.45) is 0 Å². The Balaban J connectivity index is 2.07. The zero-order chi connectivity index (χ0) is 14.5. The topological polar surface area (TPSA) is 39.2 Å². The number of ether oxygens (including phenoxy) is 2. The van der Waals surface area contributed by atoms with Gasteiger partial charge in [-0.1, -0.05) is 6.07 Å². The molecule has 2 aromatic rings. The fraction of sp³-hybridized carbons (Fsp3) is 0.533. The van der Waals surface area contributed by atoms with E-state index in [0.29, 0.717) is 6.10 Å². The molecule has 5 heteroatoms. The molecule has 0 fully saturated rings. The summed E-state index contributed by atoms with van der Waals surface area (Å²) >= 11 is 5.40. The zero-order valence-electron chi connectivity index (χ0n) is 12.3. The number of unbranched alkanes of at least 4 members (excludes halogenated alkanes) is 1. The summed E-state index contributed by atoms with van der Waals surface area (Å²) in [6.07, 6.45) is 2.39. The summed E-state index contributed by atoms with van der Waals surface area (Å²) < 4.78 is 13.8. The van der Waals surface area contributed by atoms with Crippen LogP contribution in [0.15, 0.2) is 18.2 Å². The van der Waals surface area contributed by atoms with E-state index in [2.05, 4.69) is 29.5 Å². The molecule has 2 rings (SSSR count). The van der Waals surface area contributed by atoms with E-state index in [-0.39, 0.29) is 0 Å². The lowest BCUT2D eigenvalue weighted by atomic mass is 10.2. The van der Waals surface area contributed by atoms with E-state index in [1.807, 2.05) is 12.1 Å². The van der Waals surface area contributed by atoms with Crippen molar-refractivity contribution in [3.8, 4) is 5.75 Å². The monoisotopic (exact) mass is 294 g/mol. The second kappa shape index (κ2) is 6.90. The number of hydrogen-bond acceptors (Lipinski definition) is 3. The molecule has 0 atom stereocenters. The molecule has 0 aliphatic rings. The van der Waals surface area contributed by atoms with Crippen LogP contribution in [0.25, 0.3) is 11.0 Å². The first-order valence-corrected chi connectivity index (χ1v) is 7.41. The molecule has 20 heavy (non-hydrogen) atoms. The van der Waals surface area contributed by atoms with Crippen LogP contribution in [0.1, 0.15) is 26.7 Å². The van der Waals surface area contributed by atoms with E-state index in [9.17, 15) is 0 Å². The first-order chi connectivity index (χ1) is 9.63. The first kappa shape index (κ1) is 15.1. The number of benzene rings is 1. The van der Waals surface area contributed by atoms with Gasteiger partial charge in [0.25, 0.3) is 0 Å². The number of rotatable bonds is 7. The Kier molecular flexibility index (Phi) is 5.20. The standard InChI is InChI=1S/C15H22N2O2S/c1-11(2)19-10-5-4-9-17-12-7-6-8-13(18-3)14(12)16-15(17)20/h6-8,11H,4-5,9-10H2,1-3H3,(H,16,20). The highest BCUT2D eigenvalue weighted by Gasteiger charge is 2.08. The van der Waals surface area contributed by atoms with E-state index >= 15 is 0 Å². The van der Waals surface area contributed by atoms with Crippen molar-refractivity contribution >= 4 is 23.3 Å². The SMILES string of the molecule is COc1cccc2c1[nH]c(=S)n2CCCCOC(C)C. The van der Waals surface area contributed by atoms with Crippen molar-refractivity contribution in [3.63, 3.8) is 0 Å². The lowest BCUT2D eigenvalue weighted by molar-refractivity contribution is 0.0755. The van der Waals surface area contributed by atoms with Crippen LogP contribution in [0.4, 0.5) is 0 Å². The summed E-state index contributed by atoms with van der Waals surface area (Å²) in [5.41, 5.74) is 2.07. The van der Waals surface area contributed by atoms with Gasteiger partial charge in [-0.2, -0.15) is 0 Å². The Morgan fingerprint density at radius 1 is 1.30 bits per heavy atom. The zero-order valence-corrected chi connectivity index (χ0v) is 13.1. The molecule has 0 aliphatic carbocycles. The van der Waals surface area contributed by atoms with Crippen molar-refractivity contribution in [2.75, 3.05) is 13.7 Å². The van der Waals surface area contributed by atoms with Gasteiger partial charge < -0.3 is 19.0 Å². The van der Waals surface area contributed by atoms with Gasteiger partial charge in [0.2, 0.25) is 0 Å². The molecule has 0 spiro atoms. The first-order valence-electron chi connectivity index (χ1n) is 7.00. The Hall–Kier alpha value is -1.33. The van der Waals surface area contributed by atoms with Crippen LogP contribution < -0.4 is 4.74 Å². The Bertz CT molecular complexity index is 616. The average molecular weight is 294 g/mol. The molecule has 0 saturated carbocycles. The van der Waals surface area contributed by atoms with E-state index in [4.69, 9.17) is 21.7 Å². The second-order valence-corrected chi connectivity index (χ2v) is 5.45. The molecule has 0 aliphatic heterocycles. The van der Waals surface area contributed by atoms with Crippen LogP contribution in [0.3, 0.4) is 0 Å². The largest absolute Gasteiger partial charge is 0.494 e. The summed E-state index contributed by atoms with van der Waals surface area (Å²) in [5.74, 6) is 0.829. The van der Waals surface area contributed by atoms with E-state index < -0.39 is 0 Å². The smallest absolute Gasteiger partial charge is 0.178 e. The number of methoxy groups -OCH3 is 1. The van der Waals surface area contributed by atoms with Crippen molar-refractivity contribution in [3.05, 3.63) is 23.0 Å². The second-order valence-electron chi connectivity index (χ2n) is 5.06. The number of aryl methyl sites for hydroxylation is 1. The van der Waals surface area contributed by atoms with Gasteiger partial charge in [0.15, 0.2) is 4.77 Å². The Morgan fingerprint density at radius 3 is 2.80 bits per heavy atom. The average Bonchev–Trinajstić information content (AvgIpc) is 2.74. The van der Waals surface area contributed by atoms with Gasteiger partial charge in [-0.3, -0.25) is 0 Å². The van der Waals surface area contributed by atoms with Crippen molar-refractivity contribution < 1.29 is 9.47 Å². The molecule has 1 N–H and O–H groups in total. The molecule has 1 aromatic heterocycles. The summed E-state index contributed by atoms with van der Waals surface area (Å²) in [7, 11) is 1.67. The minimum atomic E-state index is 0.300. The summed E-state index contributed by atoms with van der Waals surface area (Å²) in [4.78, 5) is 3.23. The van der Waals surface area contributed by atoms with Gasteiger partial charge >= 0.3 is 0 Å². The molecule has 0 saturated heterocycles. The fourth-order valence-electron chi connectivity index (χ4n) is 2.24. The van der Waals surface area contributed by atoms with Crippen LogP contribution >= 0.6 is 12.2 Å². The number of aromatic nitrogens is 2. The van der Waals surface area contributed by atoms with Crippen LogP contribution in [-0.2, 0) is 11.3 Å². The van der Waals surface area contributed by atoms with E-state index in [1.165, 1.54) is 0 Å². The highest BCUT2D eigenvalue weighted by molar-refractivity contribution is 7.71. The quantitative estimate of drug-likeness (QED) is 0.621. The van der Waals surface area contributed by atoms with E-state index in [0.717, 1.165) is 47.5 Å². The maximum Gasteiger partial charge on any atom is 0.178 e. The van der Waals surface area contributed by atoms with Crippen molar-refractivity contribution in [1.82, 2.24) is 9.55 Å². The molecular weight excluding hydrogens is 272 g/mol.